The summed E-state index contributed by atoms with van der Waals surface area (Å²) in [6.07, 6.45) is 2.75. The molecule has 0 radical (unpaired) electrons. The highest BCUT2D eigenvalue weighted by atomic mass is 16.2. The van der Waals surface area contributed by atoms with Crippen molar-refractivity contribution in [2.24, 2.45) is 7.05 Å². The average Bonchev–Trinajstić information content (AvgIpc) is 2.93. The Morgan fingerprint density at radius 3 is 2.71 bits per heavy atom. The Hall–Kier alpha value is -2.05. The minimum Gasteiger partial charge on any atom is -0.369 e. The van der Waals surface area contributed by atoms with Gasteiger partial charge in [-0.1, -0.05) is 20.3 Å². The summed E-state index contributed by atoms with van der Waals surface area (Å²) in [6.45, 7) is 6.61. The molecular formula is C14H24N6O. The first-order chi connectivity index (χ1) is 10.0. The van der Waals surface area contributed by atoms with Crippen LogP contribution in [0.15, 0.2) is 0 Å². The summed E-state index contributed by atoms with van der Waals surface area (Å²) in [5, 5.41) is 7.38. The number of rotatable bonds is 6. The molecule has 0 aliphatic heterocycles. The molecule has 2 aromatic rings. The predicted octanol–water partition coefficient (Wildman–Crippen LogP) is 1.39. The zero-order chi connectivity index (χ0) is 15.6. The molecule has 116 valence electrons. The van der Waals surface area contributed by atoms with Gasteiger partial charge in [0.15, 0.2) is 5.65 Å². The number of anilines is 1. The van der Waals surface area contributed by atoms with Crippen molar-refractivity contribution in [3.63, 3.8) is 0 Å². The fourth-order valence-electron chi connectivity index (χ4n) is 2.52. The first kappa shape index (κ1) is 15.3. The fraction of sp³-hybridized carbons (Fsp3) is 0.643. The molecule has 0 saturated carbocycles. The summed E-state index contributed by atoms with van der Waals surface area (Å²) >= 11 is 0. The van der Waals surface area contributed by atoms with Crippen LogP contribution in [0, 0.1) is 0 Å². The molecule has 0 saturated heterocycles. The zero-order valence-corrected chi connectivity index (χ0v) is 13.2. The van der Waals surface area contributed by atoms with Crippen LogP contribution < -0.4 is 11.1 Å². The first-order valence-corrected chi connectivity index (χ1v) is 7.48. The normalized spacial score (nSPS) is 12.8. The van der Waals surface area contributed by atoms with Crippen molar-refractivity contribution >= 4 is 23.0 Å². The SMILES string of the molecule is CCCNC(=O)C(C)n1c(N)nc2c(CCC)nn(C)c21. The Labute approximate surface area is 124 Å². The molecule has 7 heteroatoms. The van der Waals surface area contributed by atoms with E-state index < -0.39 is 6.04 Å². The molecule has 0 aliphatic carbocycles. The van der Waals surface area contributed by atoms with Gasteiger partial charge in [0.25, 0.3) is 0 Å². The Morgan fingerprint density at radius 1 is 1.38 bits per heavy atom. The lowest BCUT2D eigenvalue weighted by molar-refractivity contribution is -0.123. The van der Waals surface area contributed by atoms with Crippen molar-refractivity contribution in [2.75, 3.05) is 12.3 Å². The van der Waals surface area contributed by atoms with Crippen molar-refractivity contribution in [3.8, 4) is 0 Å². The molecule has 2 heterocycles. The van der Waals surface area contributed by atoms with Crippen LogP contribution in [-0.2, 0) is 18.3 Å². The van der Waals surface area contributed by atoms with Gasteiger partial charge in [0.1, 0.15) is 11.6 Å². The minimum absolute atomic E-state index is 0.0545. The standard InChI is InChI=1S/C14H24N6O/c1-5-7-10-11-13(19(4)18-10)20(14(15)17-11)9(3)12(21)16-8-6-2/h9H,5-8H2,1-4H3,(H2,15,17)(H,16,21). The number of carbonyl (C=O) groups is 1. The predicted molar refractivity (Wildman–Crippen MR) is 82.9 cm³/mol. The lowest BCUT2D eigenvalue weighted by atomic mass is 10.2. The van der Waals surface area contributed by atoms with Crippen LogP contribution in [0.1, 0.15) is 45.3 Å². The van der Waals surface area contributed by atoms with Crippen LogP contribution in [-0.4, -0.2) is 31.8 Å². The number of amides is 1. The summed E-state index contributed by atoms with van der Waals surface area (Å²) in [4.78, 5) is 16.6. The van der Waals surface area contributed by atoms with Gasteiger partial charge in [-0.25, -0.2) is 4.98 Å². The van der Waals surface area contributed by atoms with E-state index in [2.05, 4.69) is 22.3 Å². The molecule has 3 N–H and O–H groups in total. The summed E-state index contributed by atoms with van der Waals surface area (Å²) in [5.41, 5.74) is 8.56. The number of hydrogen-bond acceptors (Lipinski definition) is 4. The fourth-order valence-corrected chi connectivity index (χ4v) is 2.52. The highest BCUT2D eigenvalue weighted by Gasteiger charge is 2.24. The van der Waals surface area contributed by atoms with E-state index >= 15 is 0 Å². The molecule has 7 nitrogen and oxygen atoms in total. The zero-order valence-electron chi connectivity index (χ0n) is 13.2. The molecule has 21 heavy (non-hydrogen) atoms. The molecule has 2 aromatic heterocycles. The first-order valence-electron chi connectivity index (χ1n) is 7.48. The molecule has 1 unspecified atom stereocenters. The maximum Gasteiger partial charge on any atom is 0.242 e. The molecule has 2 rings (SSSR count). The molecule has 0 aromatic carbocycles. The molecule has 0 spiro atoms. The Balaban J connectivity index is 2.44. The number of nitrogens with one attached hydrogen (secondary N) is 1. The molecule has 0 bridgehead atoms. The number of nitrogens with two attached hydrogens (primary N) is 1. The van der Waals surface area contributed by atoms with E-state index in [1.165, 1.54) is 0 Å². The number of hydrogen-bond donors (Lipinski definition) is 2. The third-order valence-corrected chi connectivity index (χ3v) is 3.57. The number of carbonyl (C=O) groups excluding carboxylic acids is 1. The van der Waals surface area contributed by atoms with E-state index in [1.54, 1.807) is 9.25 Å². The van der Waals surface area contributed by atoms with Crippen LogP contribution in [0.2, 0.25) is 0 Å². The Kier molecular flexibility index (Phi) is 4.50. The van der Waals surface area contributed by atoms with Crippen molar-refractivity contribution in [2.45, 2.75) is 46.1 Å². The topological polar surface area (TPSA) is 90.8 Å². The third-order valence-electron chi connectivity index (χ3n) is 3.57. The van der Waals surface area contributed by atoms with Gasteiger partial charge in [-0.15, -0.1) is 0 Å². The van der Waals surface area contributed by atoms with E-state index in [9.17, 15) is 4.79 Å². The highest BCUT2D eigenvalue weighted by Crippen LogP contribution is 2.25. The van der Waals surface area contributed by atoms with Crippen molar-refractivity contribution < 1.29 is 4.79 Å². The Bertz CT molecular complexity index is 641. The second-order valence-electron chi connectivity index (χ2n) is 5.30. The maximum absolute atomic E-state index is 12.2. The second kappa shape index (κ2) is 6.15. The van der Waals surface area contributed by atoms with E-state index in [-0.39, 0.29) is 5.91 Å². The van der Waals surface area contributed by atoms with Gasteiger partial charge in [0.2, 0.25) is 11.9 Å². The third kappa shape index (κ3) is 2.72. The number of nitrogen functional groups attached to an aromatic ring is 1. The number of aryl methyl sites for hydroxylation is 2. The second-order valence-corrected chi connectivity index (χ2v) is 5.30. The van der Waals surface area contributed by atoms with Gasteiger partial charge in [-0.05, 0) is 19.8 Å². The quantitative estimate of drug-likeness (QED) is 0.841. The monoisotopic (exact) mass is 292 g/mol. The van der Waals surface area contributed by atoms with Crippen LogP contribution in [0.25, 0.3) is 11.2 Å². The van der Waals surface area contributed by atoms with Gasteiger partial charge < -0.3 is 11.1 Å². The maximum atomic E-state index is 12.2. The number of aromatic nitrogens is 4. The molecule has 0 aliphatic rings. The van der Waals surface area contributed by atoms with Gasteiger partial charge >= 0.3 is 0 Å². The van der Waals surface area contributed by atoms with Gasteiger partial charge in [0, 0.05) is 13.6 Å². The summed E-state index contributed by atoms with van der Waals surface area (Å²) < 4.78 is 3.51. The van der Waals surface area contributed by atoms with Crippen LogP contribution in [0.3, 0.4) is 0 Å². The Morgan fingerprint density at radius 2 is 2.10 bits per heavy atom. The molecule has 1 atom stereocenters. The van der Waals surface area contributed by atoms with Crippen molar-refractivity contribution in [1.29, 1.82) is 0 Å². The van der Waals surface area contributed by atoms with E-state index in [4.69, 9.17) is 5.73 Å². The number of fused-ring (bicyclic) bond motifs is 1. The van der Waals surface area contributed by atoms with Gasteiger partial charge in [-0.2, -0.15) is 5.10 Å². The summed E-state index contributed by atoms with van der Waals surface area (Å²) in [6, 6.07) is -0.411. The van der Waals surface area contributed by atoms with Crippen LogP contribution >= 0.6 is 0 Å². The van der Waals surface area contributed by atoms with E-state index in [1.807, 2.05) is 20.9 Å². The lowest BCUT2D eigenvalue weighted by Crippen LogP contribution is -2.32. The van der Waals surface area contributed by atoms with E-state index in [0.29, 0.717) is 12.5 Å². The van der Waals surface area contributed by atoms with Crippen LogP contribution in [0.4, 0.5) is 5.95 Å². The number of nitrogens with zero attached hydrogens (tertiary/aromatic N) is 4. The minimum atomic E-state index is -0.411. The smallest absolute Gasteiger partial charge is 0.242 e. The van der Waals surface area contributed by atoms with E-state index in [0.717, 1.165) is 36.1 Å². The average molecular weight is 292 g/mol. The summed E-state index contributed by atoms with van der Waals surface area (Å²) in [7, 11) is 1.86. The van der Waals surface area contributed by atoms with Crippen molar-refractivity contribution in [1.82, 2.24) is 24.6 Å². The molecular weight excluding hydrogens is 268 g/mol. The lowest BCUT2D eigenvalue weighted by Gasteiger charge is -2.15. The number of imidazole rings is 1. The molecule has 0 fully saturated rings. The van der Waals surface area contributed by atoms with Gasteiger partial charge in [0.05, 0.1) is 5.69 Å². The summed E-state index contributed by atoms with van der Waals surface area (Å²) in [5.74, 6) is 0.301. The molecule has 1 amide bonds. The van der Waals surface area contributed by atoms with Gasteiger partial charge in [-0.3, -0.25) is 14.0 Å². The highest BCUT2D eigenvalue weighted by molar-refractivity contribution is 5.85. The van der Waals surface area contributed by atoms with Crippen molar-refractivity contribution in [3.05, 3.63) is 5.69 Å². The van der Waals surface area contributed by atoms with Crippen LogP contribution in [0.5, 0.6) is 0 Å². The largest absolute Gasteiger partial charge is 0.369 e.